The minimum atomic E-state index is -3.25. The number of nitrogens with zero attached hydrogens (tertiary/aromatic N) is 1. The van der Waals surface area contributed by atoms with Gasteiger partial charge in [-0.05, 0) is 6.54 Å². The normalized spacial score (nSPS) is 12.3. The van der Waals surface area contributed by atoms with Crippen LogP contribution in [-0.4, -0.2) is 45.9 Å². The fraction of sp³-hybridized carbons (Fsp3) is 1.00. The molecule has 0 aliphatic carbocycles. The van der Waals surface area contributed by atoms with Crippen LogP contribution >= 0.6 is 0 Å². The maximum absolute atomic E-state index is 11.3. The van der Waals surface area contributed by atoms with E-state index < -0.39 is 10.2 Å². The lowest BCUT2D eigenvalue weighted by Crippen LogP contribution is -2.40. The summed E-state index contributed by atoms with van der Waals surface area (Å²) in [6, 6.07) is 0. The van der Waals surface area contributed by atoms with E-state index in [1.165, 1.54) is 4.31 Å². The van der Waals surface area contributed by atoms with Crippen LogP contribution in [0.25, 0.3) is 0 Å². The Kier molecular flexibility index (Phi) is 6.23. The Balaban J connectivity index is 3.77. The van der Waals surface area contributed by atoms with Gasteiger partial charge >= 0.3 is 0 Å². The second-order valence-corrected chi connectivity index (χ2v) is 4.53. The molecule has 0 bridgehead atoms. The highest BCUT2D eigenvalue weighted by Crippen LogP contribution is 1.90. The molecule has 0 unspecified atom stereocenters. The lowest BCUT2D eigenvalue weighted by atomic mass is 10.6. The number of rotatable bonds is 7. The first kappa shape index (κ1) is 12.8. The van der Waals surface area contributed by atoms with Gasteiger partial charge in [0.1, 0.15) is 0 Å². The third-order valence-corrected chi connectivity index (χ3v) is 3.34. The zero-order chi connectivity index (χ0) is 10.3. The molecule has 0 spiro atoms. The van der Waals surface area contributed by atoms with Crippen molar-refractivity contribution in [1.82, 2.24) is 14.3 Å². The standard InChI is InChI=1S/C7H19N3O2S/c1-4-8-6-7-9-13(11,12)10(3)5-2/h8-9H,4-7H2,1-3H3. The van der Waals surface area contributed by atoms with Gasteiger partial charge < -0.3 is 5.32 Å². The zero-order valence-corrected chi connectivity index (χ0v) is 9.32. The van der Waals surface area contributed by atoms with Crippen LogP contribution in [0.3, 0.4) is 0 Å². The van der Waals surface area contributed by atoms with Crippen molar-refractivity contribution in [3.8, 4) is 0 Å². The summed E-state index contributed by atoms with van der Waals surface area (Å²) in [4.78, 5) is 0. The molecule has 0 aromatic heterocycles. The molecule has 0 saturated heterocycles. The minimum Gasteiger partial charge on any atom is -0.316 e. The van der Waals surface area contributed by atoms with Crippen molar-refractivity contribution in [2.75, 3.05) is 33.2 Å². The summed E-state index contributed by atoms with van der Waals surface area (Å²) in [5, 5.41) is 3.03. The first-order valence-electron chi connectivity index (χ1n) is 4.46. The summed E-state index contributed by atoms with van der Waals surface area (Å²) >= 11 is 0. The van der Waals surface area contributed by atoms with Crippen LogP contribution in [0.5, 0.6) is 0 Å². The van der Waals surface area contributed by atoms with E-state index in [1.807, 2.05) is 6.92 Å². The average Bonchev–Trinajstić information content (AvgIpc) is 2.11. The molecule has 0 saturated carbocycles. The van der Waals surface area contributed by atoms with Crippen molar-refractivity contribution in [2.45, 2.75) is 13.8 Å². The molecular formula is C7H19N3O2S. The molecular weight excluding hydrogens is 190 g/mol. The quantitative estimate of drug-likeness (QED) is 0.549. The van der Waals surface area contributed by atoms with E-state index in [0.717, 1.165) is 6.54 Å². The van der Waals surface area contributed by atoms with Gasteiger partial charge in [-0.3, -0.25) is 0 Å². The van der Waals surface area contributed by atoms with Crippen LogP contribution in [0.2, 0.25) is 0 Å². The number of nitrogens with one attached hydrogen (secondary N) is 2. The topological polar surface area (TPSA) is 61.4 Å². The van der Waals surface area contributed by atoms with Crippen LogP contribution < -0.4 is 10.0 Å². The summed E-state index contributed by atoms with van der Waals surface area (Å²) < 4.78 is 26.4. The van der Waals surface area contributed by atoms with Gasteiger partial charge in [0.15, 0.2) is 0 Å². The molecule has 2 N–H and O–H groups in total. The van der Waals surface area contributed by atoms with Gasteiger partial charge in [-0.1, -0.05) is 13.8 Å². The number of likely N-dealkylation sites (N-methyl/N-ethyl adjacent to an activating group) is 1. The highest BCUT2D eigenvalue weighted by atomic mass is 32.2. The second-order valence-electron chi connectivity index (χ2n) is 2.67. The molecule has 5 nitrogen and oxygen atoms in total. The molecule has 13 heavy (non-hydrogen) atoms. The zero-order valence-electron chi connectivity index (χ0n) is 8.50. The Morgan fingerprint density at radius 2 is 1.85 bits per heavy atom. The molecule has 0 heterocycles. The van der Waals surface area contributed by atoms with Gasteiger partial charge in [-0.15, -0.1) is 0 Å². The molecule has 0 aliphatic heterocycles. The monoisotopic (exact) mass is 209 g/mol. The lowest BCUT2D eigenvalue weighted by Gasteiger charge is -2.15. The molecule has 0 aliphatic rings. The van der Waals surface area contributed by atoms with Crippen LogP contribution in [0.15, 0.2) is 0 Å². The van der Waals surface area contributed by atoms with Gasteiger partial charge in [0, 0.05) is 26.7 Å². The summed E-state index contributed by atoms with van der Waals surface area (Å²) in [6.07, 6.45) is 0. The Labute approximate surface area is 80.7 Å². The van der Waals surface area contributed by atoms with Crippen molar-refractivity contribution < 1.29 is 8.42 Å². The Morgan fingerprint density at radius 3 is 2.31 bits per heavy atom. The Hall–Kier alpha value is -0.170. The van der Waals surface area contributed by atoms with E-state index in [4.69, 9.17) is 0 Å². The van der Waals surface area contributed by atoms with Crippen LogP contribution in [-0.2, 0) is 10.2 Å². The summed E-state index contributed by atoms with van der Waals surface area (Å²) in [5.41, 5.74) is 0. The second kappa shape index (κ2) is 6.31. The predicted molar refractivity (Wildman–Crippen MR) is 53.8 cm³/mol. The third kappa shape index (κ3) is 5.20. The molecule has 0 aromatic rings. The smallest absolute Gasteiger partial charge is 0.279 e. The summed E-state index contributed by atoms with van der Waals surface area (Å²) in [5.74, 6) is 0. The van der Waals surface area contributed by atoms with Crippen LogP contribution in [0.1, 0.15) is 13.8 Å². The first-order valence-corrected chi connectivity index (χ1v) is 5.90. The molecule has 0 aromatic carbocycles. The van der Waals surface area contributed by atoms with E-state index in [0.29, 0.717) is 19.6 Å². The van der Waals surface area contributed by atoms with Gasteiger partial charge in [0.2, 0.25) is 0 Å². The molecule has 80 valence electrons. The predicted octanol–water partition coefficient (Wildman–Crippen LogP) is -0.618. The van der Waals surface area contributed by atoms with Crippen molar-refractivity contribution >= 4 is 10.2 Å². The summed E-state index contributed by atoms with van der Waals surface area (Å²) in [6.45, 7) is 6.20. The van der Waals surface area contributed by atoms with E-state index in [2.05, 4.69) is 10.0 Å². The molecule has 0 rings (SSSR count). The first-order chi connectivity index (χ1) is 6.04. The highest BCUT2D eigenvalue weighted by molar-refractivity contribution is 7.87. The van der Waals surface area contributed by atoms with Gasteiger partial charge in [0.25, 0.3) is 10.2 Å². The van der Waals surface area contributed by atoms with Crippen LogP contribution in [0.4, 0.5) is 0 Å². The van der Waals surface area contributed by atoms with Crippen LogP contribution in [0, 0.1) is 0 Å². The molecule has 0 amide bonds. The van der Waals surface area contributed by atoms with Crippen molar-refractivity contribution in [3.63, 3.8) is 0 Å². The largest absolute Gasteiger partial charge is 0.316 e. The van der Waals surface area contributed by atoms with Gasteiger partial charge in [-0.25, -0.2) is 4.72 Å². The minimum absolute atomic E-state index is 0.431. The molecule has 0 radical (unpaired) electrons. The van der Waals surface area contributed by atoms with E-state index in [9.17, 15) is 8.42 Å². The SMILES string of the molecule is CCNCCNS(=O)(=O)N(C)CC. The van der Waals surface area contributed by atoms with E-state index in [1.54, 1.807) is 14.0 Å². The van der Waals surface area contributed by atoms with Crippen molar-refractivity contribution in [3.05, 3.63) is 0 Å². The van der Waals surface area contributed by atoms with Crippen molar-refractivity contribution in [2.24, 2.45) is 0 Å². The number of hydrogen-bond donors (Lipinski definition) is 2. The Morgan fingerprint density at radius 1 is 1.23 bits per heavy atom. The van der Waals surface area contributed by atoms with E-state index in [-0.39, 0.29) is 0 Å². The Bertz CT molecular complexity index is 216. The molecule has 0 atom stereocenters. The fourth-order valence-corrected chi connectivity index (χ4v) is 1.65. The lowest BCUT2D eigenvalue weighted by molar-refractivity contribution is 0.472. The number of hydrogen-bond acceptors (Lipinski definition) is 3. The van der Waals surface area contributed by atoms with Gasteiger partial charge in [-0.2, -0.15) is 12.7 Å². The summed E-state index contributed by atoms with van der Waals surface area (Å²) in [7, 11) is -1.70. The molecule has 6 heteroatoms. The third-order valence-electron chi connectivity index (χ3n) is 1.69. The fourth-order valence-electron chi connectivity index (χ4n) is 0.725. The average molecular weight is 209 g/mol. The molecule has 0 fully saturated rings. The van der Waals surface area contributed by atoms with Gasteiger partial charge in [0.05, 0.1) is 0 Å². The highest BCUT2D eigenvalue weighted by Gasteiger charge is 2.13. The van der Waals surface area contributed by atoms with E-state index >= 15 is 0 Å². The maximum Gasteiger partial charge on any atom is 0.279 e. The van der Waals surface area contributed by atoms with Crippen molar-refractivity contribution in [1.29, 1.82) is 0 Å². The maximum atomic E-state index is 11.3.